The van der Waals surface area contributed by atoms with Gasteiger partial charge in [0.15, 0.2) is 0 Å². The molecule has 0 aliphatic rings. The van der Waals surface area contributed by atoms with E-state index in [4.69, 9.17) is 11.6 Å². The highest BCUT2D eigenvalue weighted by Crippen LogP contribution is 2.19. The summed E-state index contributed by atoms with van der Waals surface area (Å²) >= 11 is 5.99. The van der Waals surface area contributed by atoms with Crippen LogP contribution in [0.3, 0.4) is 0 Å². The van der Waals surface area contributed by atoms with E-state index in [1.807, 2.05) is 12.1 Å². The van der Waals surface area contributed by atoms with Crippen LogP contribution < -0.4 is 5.32 Å². The Morgan fingerprint density at radius 2 is 1.74 bits per heavy atom. The third-order valence-corrected chi connectivity index (χ3v) is 3.53. The summed E-state index contributed by atoms with van der Waals surface area (Å²) in [5.74, 6) is -0.260. The Morgan fingerprint density at radius 3 is 2.42 bits per heavy atom. The first-order valence-electron chi connectivity index (χ1n) is 6.42. The van der Waals surface area contributed by atoms with Gasteiger partial charge in [-0.05, 0) is 29.7 Å². The summed E-state index contributed by atoms with van der Waals surface area (Å²) < 4.78 is 13.6. The molecule has 0 atom stereocenters. The second-order valence-corrected chi connectivity index (χ2v) is 4.83. The Balaban J connectivity index is 2.00. The SMILES string of the molecule is CCc1ccccc1CNCc1c(F)cccc1Cl. The predicted octanol–water partition coefficient (Wildman–Crippen LogP) is 4.33. The van der Waals surface area contributed by atoms with Gasteiger partial charge in [0.1, 0.15) is 5.82 Å². The molecule has 0 aliphatic heterocycles. The smallest absolute Gasteiger partial charge is 0.129 e. The zero-order chi connectivity index (χ0) is 13.7. The number of halogens is 2. The average Bonchev–Trinajstić information content (AvgIpc) is 2.42. The summed E-state index contributed by atoms with van der Waals surface area (Å²) in [4.78, 5) is 0. The highest BCUT2D eigenvalue weighted by Gasteiger charge is 2.06. The van der Waals surface area contributed by atoms with Gasteiger partial charge in [-0.2, -0.15) is 0 Å². The fourth-order valence-electron chi connectivity index (χ4n) is 2.10. The van der Waals surface area contributed by atoms with Crippen LogP contribution in [0.4, 0.5) is 4.39 Å². The van der Waals surface area contributed by atoms with Crippen molar-refractivity contribution in [3.8, 4) is 0 Å². The first kappa shape index (κ1) is 14.0. The van der Waals surface area contributed by atoms with Crippen LogP contribution in [0, 0.1) is 5.82 Å². The van der Waals surface area contributed by atoms with Crippen LogP contribution in [-0.4, -0.2) is 0 Å². The van der Waals surface area contributed by atoms with Crippen LogP contribution in [0.25, 0.3) is 0 Å². The maximum absolute atomic E-state index is 13.6. The number of rotatable bonds is 5. The second kappa shape index (κ2) is 6.69. The minimum Gasteiger partial charge on any atom is -0.308 e. The molecule has 0 saturated heterocycles. The first-order chi connectivity index (χ1) is 9.22. The van der Waals surface area contributed by atoms with E-state index in [1.165, 1.54) is 17.2 Å². The van der Waals surface area contributed by atoms with E-state index >= 15 is 0 Å². The van der Waals surface area contributed by atoms with Gasteiger partial charge in [-0.15, -0.1) is 0 Å². The van der Waals surface area contributed by atoms with Crippen molar-refractivity contribution in [3.05, 3.63) is 70.0 Å². The molecule has 1 N–H and O–H groups in total. The van der Waals surface area contributed by atoms with Crippen molar-refractivity contribution in [3.63, 3.8) is 0 Å². The third kappa shape index (κ3) is 3.55. The fraction of sp³-hybridized carbons (Fsp3) is 0.250. The molecular formula is C16H17ClFN. The van der Waals surface area contributed by atoms with E-state index in [1.54, 1.807) is 12.1 Å². The van der Waals surface area contributed by atoms with Crippen molar-refractivity contribution in [1.29, 1.82) is 0 Å². The van der Waals surface area contributed by atoms with E-state index in [9.17, 15) is 4.39 Å². The molecule has 0 fully saturated rings. The van der Waals surface area contributed by atoms with Gasteiger partial charge in [-0.1, -0.05) is 48.9 Å². The van der Waals surface area contributed by atoms with Crippen LogP contribution in [0.1, 0.15) is 23.6 Å². The first-order valence-corrected chi connectivity index (χ1v) is 6.80. The van der Waals surface area contributed by atoms with E-state index < -0.39 is 0 Å². The predicted molar refractivity (Wildman–Crippen MR) is 77.8 cm³/mol. The Morgan fingerprint density at radius 1 is 1.00 bits per heavy atom. The lowest BCUT2D eigenvalue weighted by molar-refractivity contribution is 0.587. The molecule has 0 radical (unpaired) electrons. The Bertz CT molecular complexity index is 534. The van der Waals surface area contributed by atoms with Gasteiger partial charge >= 0.3 is 0 Å². The Kier molecular flexibility index (Phi) is 4.94. The molecule has 0 aromatic heterocycles. The van der Waals surface area contributed by atoms with Crippen molar-refractivity contribution in [1.82, 2.24) is 5.32 Å². The lowest BCUT2D eigenvalue weighted by Gasteiger charge is -2.10. The summed E-state index contributed by atoms with van der Waals surface area (Å²) in [7, 11) is 0. The van der Waals surface area contributed by atoms with Crippen LogP contribution >= 0.6 is 11.6 Å². The van der Waals surface area contributed by atoms with Gasteiger partial charge in [-0.3, -0.25) is 0 Å². The summed E-state index contributed by atoms with van der Waals surface area (Å²) in [6.07, 6.45) is 0.998. The van der Waals surface area contributed by atoms with E-state index in [-0.39, 0.29) is 5.82 Å². The quantitative estimate of drug-likeness (QED) is 0.858. The Hall–Kier alpha value is -1.38. The van der Waals surface area contributed by atoms with Gasteiger partial charge in [-0.25, -0.2) is 4.39 Å². The molecule has 1 nitrogen and oxygen atoms in total. The highest BCUT2D eigenvalue weighted by atomic mass is 35.5. The van der Waals surface area contributed by atoms with E-state index in [2.05, 4.69) is 24.4 Å². The van der Waals surface area contributed by atoms with Gasteiger partial charge < -0.3 is 5.32 Å². The van der Waals surface area contributed by atoms with Crippen LogP contribution in [0.15, 0.2) is 42.5 Å². The maximum atomic E-state index is 13.6. The molecule has 19 heavy (non-hydrogen) atoms. The minimum atomic E-state index is -0.260. The van der Waals surface area contributed by atoms with Crippen LogP contribution in [0.2, 0.25) is 5.02 Å². The molecule has 2 rings (SSSR count). The molecule has 0 amide bonds. The van der Waals surface area contributed by atoms with E-state index in [0.29, 0.717) is 23.7 Å². The molecule has 0 spiro atoms. The molecule has 0 saturated carbocycles. The standard InChI is InChI=1S/C16H17ClFN/c1-2-12-6-3-4-7-13(12)10-19-11-14-15(17)8-5-9-16(14)18/h3-9,19H,2,10-11H2,1H3. The fourth-order valence-corrected chi connectivity index (χ4v) is 2.33. The number of aryl methyl sites for hydroxylation is 1. The van der Waals surface area contributed by atoms with Crippen molar-refractivity contribution in [2.75, 3.05) is 0 Å². The van der Waals surface area contributed by atoms with Gasteiger partial charge in [0.05, 0.1) is 0 Å². The number of hydrogen-bond donors (Lipinski definition) is 1. The second-order valence-electron chi connectivity index (χ2n) is 4.43. The highest BCUT2D eigenvalue weighted by molar-refractivity contribution is 6.31. The molecule has 2 aromatic rings. The zero-order valence-electron chi connectivity index (χ0n) is 10.9. The van der Waals surface area contributed by atoms with Gasteiger partial charge in [0, 0.05) is 23.7 Å². The molecule has 0 heterocycles. The number of benzene rings is 2. The number of nitrogens with one attached hydrogen (secondary N) is 1. The van der Waals surface area contributed by atoms with Crippen molar-refractivity contribution < 1.29 is 4.39 Å². The largest absolute Gasteiger partial charge is 0.308 e. The molecular weight excluding hydrogens is 261 g/mol. The molecule has 3 heteroatoms. The summed E-state index contributed by atoms with van der Waals surface area (Å²) in [6.45, 7) is 3.28. The number of hydrogen-bond acceptors (Lipinski definition) is 1. The monoisotopic (exact) mass is 277 g/mol. The molecule has 0 unspecified atom stereocenters. The zero-order valence-corrected chi connectivity index (χ0v) is 11.7. The van der Waals surface area contributed by atoms with E-state index in [0.717, 1.165) is 6.42 Å². The minimum absolute atomic E-state index is 0.260. The average molecular weight is 278 g/mol. The molecule has 0 aliphatic carbocycles. The van der Waals surface area contributed by atoms with Gasteiger partial charge in [0.2, 0.25) is 0 Å². The summed E-state index contributed by atoms with van der Waals surface area (Å²) in [6, 6.07) is 13.0. The molecule has 0 bridgehead atoms. The summed E-state index contributed by atoms with van der Waals surface area (Å²) in [5.41, 5.74) is 3.09. The topological polar surface area (TPSA) is 12.0 Å². The van der Waals surface area contributed by atoms with Crippen LogP contribution in [-0.2, 0) is 19.5 Å². The van der Waals surface area contributed by atoms with Crippen molar-refractivity contribution in [2.24, 2.45) is 0 Å². The Labute approximate surface area is 118 Å². The lowest BCUT2D eigenvalue weighted by atomic mass is 10.1. The maximum Gasteiger partial charge on any atom is 0.129 e. The van der Waals surface area contributed by atoms with Gasteiger partial charge in [0.25, 0.3) is 0 Å². The van der Waals surface area contributed by atoms with Crippen LogP contribution in [0.5, 0.6) is 0 Å². The van der Waals surface area contributed by atoms with Crippen molar-refractivity contribution in [2.45, 2.75) is 26.4 Å². The normalized spacial score (nSPS) is 10.7. The molecule has 2 aromatic carbocycles. The summed E-state index contributed by atoms with van der Waals surface area (Å²) in [5, 5.41) is 3.72. The van der Waals surface area contributed by atoms with Crippen molar-refractivity contribution >= 4 is 11.6 Å². The lowest BCUT2D eigenvalue weighted by Crippen LogP contribution is -2.15. The molecule has 100 valence electrons. The third-order valence-electron chi connectivity index (χ3n) is 3.18.